The number of benzene rings is 3. The largest absolute Gasteiger partial charge is 0.569 e. The second kappa shape index (κ2) is 6.82. The van der Waals surface area contributed by atoms with Crippen molar-refractivity contribution in [3.63, 3.8) is 0 Å². The number of hydrogen-bond donors (Lipinski definition) is 1. The number of nitriles is 1. The molecule has 0 unspecified atom stereocenters. The molecule has 3 aromatic rings. The SMILES string of the molecule is N#Cc1cc(-c2ccccc2)cc(-c2cccc(O[B]O)c2)c1. The highest BCUT2D eigenvalue weighted by Gasteiger charge is 2.06. The van der Waals surface area contributed by atoms with Gasteiger partial charge in [-0.2, -0.15) is 5.26 Å². The van der Waals surface area contributed by atoms with E-state index in [9.17, 15) is 5.26 Å². The van der Waals surface area contributed by atoms with Crippen LogP contribution in [0.2, 0.25) is 0 Å². The Balaban J connectivity index is 2.09. The van der Waals surface area contributed by atoms with E-state index in [1.807, 2.05) is 66.7 Å². The van der Waals surface area contributed by atoms with Crippen molar-refractivity contribution in [1.82, 2.24) is 0 Å². The monoisotopic (exact) mass is 298 g/mol. The minimum atomic E-state index is 0.536. The molecule has 0 spiro atoms. The molecule has 1 N–H and O–H groups in total. The third kappa shape index (κ3) is 3.42. The van der Waals surface area contributed by atoms with Crippen LogP contribution in [0.1, 0.15) is 5.56 Å². The number of nitrogens with zero attached hydrogens (tertiary/aromatic N) is 1. The van der Waals surface area contributed by atoms with Crippen molar-refractivity contribution in [1.29, 1.82) is 5.26 Å². The van der Waals surface area contributed by atoms with E-state index < -0.39 is 0 Å². The van der Waals surface area contributed by atoms with Gasteiger partial charge in [0, 0.05) is 0 Å². The van der Waals surface area contributed by atoms with Gasteiger partial charge in [-0.05, 0) is 52.6 Å². The highest BCUT2D eigenvalue weighted by atomic mass is 16.5. The predicted octanol–water partition coefficient (Wildman–Crippen LogP) is 3.80. The van der Waals surface area contributed by atoms with Gasteiger partial charge in [-0.25, -0.2) is 0 Å². The van der Waals surface area contributed by atoms with E-state index in [2.05, 4.69) is 6.07 Å². The van der Waals surface area contributed by atoms with Crippen LogP contribution in [0.5, 0.6) is 5.75 Å². The van der Waals surface area contributed by atoms with Crippen molar-refractivity contribution in [3.05, 3.63) is 78.4 Å². The van der Waals surface area contributed by atoms with Crippen molar-refractivity contribution in [2.45, 2.75) is 0 Å². The third-order valence-corrected chi connectivity index (χ3v) is 3.53. The van der Waals surface area contributed by atoms with E-state index in [1.165, 1.54) is 0 Å². The summed E-state index contributed by atoms with van der Waals surface area (Å²) in [6.07, 6.45) is 0. The Morgan fingerprint density at radius 1 is 0.783 bits per heavy atom. The fraction of sp³-hybridized carbons (Fsp3) is 0. The highest BCUT2D eigenvalue weighted by molar-refractivity contribution is 6.17. The zero-order chi connectivity index (χ0) is 16.1. The molecule has 0 aliphatic carbocycles. The molecular weight excluding hydrogens is 285 g/mol. The summed E-state index contributed by atoms with van der Waals surface area (Å²) in [7, 11) is 0.653. The molecule has 0 aliphatic heterocycles. The summed E-state index contributed by atoms with van der Waals surface area (Å²) in [5.41, 5.74) is 4.48. The second-order valence-electron chi connectivity index (χ2n) is 5.03. The lowest BCUT2D eigenvalue weighted by Gasteiger charge is -2.09. The van der Waals surface area contributed by atoms with Crippen LogP contribution in [-0.2, 0) is 0 Å². The molecule has 0 bridgehead atoms. The second-order valence-corrected chi connectivity index (χ2v) is 5.03. The first-order valence-electron chi connectivity index (χ1n) is 7.14. The lowest BCUT2D eigenvalue weighted by atomic mass is 9.96. The van der Waals surface area contributed by atoms with Crippen molar-refractivity contribution >= 4 is 7.69 Å². The summed E-state index contributed by atoms with van der Waals surface area (Å²) in [6.45, 7) is 0. The third-order valence-electron chi connectivity index (χ3n) is 3.53. The smallest absolute Gasteiger partial charge is 0.537 e. The maximum atomic E-state index is 9.31. The van der Waals surface area contributed by atoms with Gasteiger partial charge in [0.05, 0.1) is 11.6 Å². The Morgan fingerprint density at radius 2 is 1.48 bits per heavy atom. The molecule has 0 fully saturated rings. The zero-order valence-corrected chi connectivity index (χ0v) is 12.3. The van der Waals surface area contributed by atoms with E-state index in [0.717, 1.165) is 22.3 Å². The number of hydrogen-bond acceptors (Lipinski definition) is 3. The van der Waals surface area contributed by atoms with E-state index in [4.69, 9.17) is 9.68 Å². The average molecular weight is 298 g/mol. The van der Waals surface area contributed by atoms with Crippen molar-refractivity contribution in [3.8, 4) is 34.1 Å². The highest BCUT2D eigenvalue weighted by Crippen LogP contribution is 2.29. The molecule has 3 aromatic carbocycles. The standard InChI is InChI=1S/C19H13BNO2/c21-13-14-9-17(15-5-2-1-3-6-15)11-18(10-14)16-7-4-8-19(12-16)23-20-22/h1-12,22H. The quantitative estimate of drug-likeness (QED) is 0.745. The van der Waals surface area contributed by atoms with Gasteiger partial charge < -0.3 is 9.68 Å². The van der Waals surface area contributed by atoms with Crippen LogP contribution < -0.4 is 4.65 Å². The van der Waals surface area contributed by atoms with Gasteiger partial charge in [-0.15, -0.1) is 0 Å². The summed E-state index contributed by atoms with van der Waals surface area (Å²) in [6, 6.07) is 25.3. The van der Waals surface area contributed by atoms with Crippen LogP contribution in [0, 0.1) is 11.3 Å². The minimum absolute atomic E-state index is 0.536. The van der Waals surface area contributed by atoms with Gasteiger partial charge in [0.25, 0.3) is 0 Å². The van der Waals surface area contributed by atoms with Gasteiger partial charge in [-0.3, -0.25) is 0 Å². The molecule has 0 aromatic heterocycles. The molecule has 0 heterocycles. The Bertz CT molecular complexity index is 857. The maximum absolute atomic E-state index is 9.31. The normalized spacial score (nSPS) is 9.91. The van der Waals surface area contributed by atoms with Gasteiger partial charge in [-0.1, -0.05) is 42.5 Å². The summed E-state index contributed by atoms with van der Waals surface area (Å²) >= 11 is 0. The first kappa shape index (κ1) is 14.9. The van der Waals surface area contributed by atoms with Gasteiger partial charge >= 0.3 is 7.69 Å². The topological polar surface area (TPSA) is 53.2 Å². The van der Waals surface area contributed by atoms with Crippen LogP contribution in [0.3, 0.4) is 0 Å². The van der Waals surface area contributed by atoms with Crippen LogP contribution >= 0.6 is 0 Å². The van der Waals surface area contributed by atoms with Gasteiger partial charge in [0.1, 0.15) is 5.75 Å². The predicted molar refractivity (Wildman–Crippen MR) is 90.6 cm³/mol. The van der Waals surface area contributed by atoms with E-state index in [-0.39, 0.29) is 0 Å². The molecule has 0 amide bonds. The average Bonchev–Trinajstić information content (AvgIpc) is 2.62. The molecule has 3 nitrogen and oxygen atoms in total. The minimum Gasteiger partial charge on any atom is -0.537 e. The first-order chi connectivity index (χ1) is 11.3. The molecule has 23 heavy (non-hydrogen) atoms. The van der Waals surface area contributed by atoms with Crippen molar-refractivity contribution in [2.24, 2.45) is 0 Å². The fourth-order valence-electron chi connectivity index (χ4n) is 2.47. The maximum Gasteiger partial charge on any atom is 0.569 e. The summed E-state index contributed by atoms with van der Waals surface area (Å²) in [5.74, 6) is 0.536. The van der Waals surface area contributed by atoms with Crippen LogP contribution in [0.4, 0.5) is 0 Å². The number of rotatable bonds is 4. The molecule has 1 radical (unpaired) electrons. The molecule has 0 aliphatic rings. The molecule has 109 valence electrons. The zero-order valence-electron chi connectivity index (χ0n) is 12.3. The van der Waals surface area contributed by atoms with Crippen molar-refractivity contribution < 1.29 is 9.68 Å². The molecule has 3 rings (SSSR count). The van der Waals surface area contributed by atoms with Crippen LogP contribution in [0.25, 0.3) is 22.3 Å². The Morgan fingerprint density at radius 3 is 2.17 bits per heavy atom. The molecule has 4 heteroatoms. The summed E-state index contributed by atoms with van der Waals surface area (Å²) < 4.78 is 5.00. The lowest BCUT2D eigenvalue weighted by molar-refractivity contribution is 0.454. The Kier molecular flexibility index (Phi) is 4.42. The van der Waals surface area contributed by atoms with E-state index in [1.54, 1.807) is 6.07 Å². The summed E-state index contributed by atoms with van der Waals surface area (Å²) in [4.78, 5) is 0. The van der Waals surface area contributed by atoms with E-state index in [0.29, 0.717) is 19.0 Å². The molecule has 0 saturated carbocycles. The molecular formula is C19H13BNO2. The van der Waals surface area contributed by atoms with Crippen LogP contribution in [-0.4, -0.2) is 12.7 Å². The molecule has 0 atom stereocenters. The molecule has 0 saturated heterocycles. The lowest BCUT2D eigenvalue weighted by Crippen LogP contribution is -1.99. The van der Waals surface area contributed by atoms with Gasteiger partial charge in [0.15, 0.2) is 0 Å². The van der Waals surface area contributed by atoms with Crippen LogP contribution in [0.15, 0.2) is 72.8 Å². The Hall–Kier alpha value is -3.03. The fourth-order valence-corrected chi connectivity index (χ4v) is 2.47. The first-order valence-corrected chi connectivity index (χ1v) is 7.14. The Labute approximate surface area is 135 Å². The van der Waals surface area contributed by atoms with E-state index >= 15 is 0 Å². The van der Waals surface area contributed by atoms with Crippen molar-refractivity contribution in [2.75, 3.05) is 0 Å². The van der Waals surface area contributed by atoms with Gasteiger partial charge in [0.2, 0.25) is 0 Å². The summed E-state index contributed by atoms with van der Waals surface area (Å²) in [5, 5.41) is 18.1.